The van der Waals surface area contributed by atoms with Gasteiger partial charge in [0.05, 0.1) is 10.2 Å². The second-order valence-electron chi connectivity index (χ2n) is 6.69. The van der Waals surface area contributed by atoms with Gasteiger partial charge in [-0.25, -0.2) is 4.98 Å². The van der Waals surface area contributed by atoms with Crippen molar-refractivity contribution in [2.45, 2.75) is 25.3 Å². The number of aromatic nitrogens is 2. The third kappa shape index (κ3) is 4.45. The second kappa shape index (κ2) is 8.44. The van der Waals surface area contributed by atoms with Crippen LogP contribution in [-0.4, -0.2) is 41.4 Å². The lowest BCUT2D eigenvalue weighted by Gasteiger charge is -2.13. The van der Waals surface area contributed by atoms with E-state index in [1.54, 1.807) is 19.2 Å². The molecular formula is C20H21N5O3S. The van der Waals surface area contributed by atoms with Gasteiger partial charge in [-0.3, -0.25) is 14.6 Å². The van der Waals surface area contributed by atoms with Crippen molar-refractivity contribution in [2.24, 2.45) is 0 Å². The van der Waals surface area contributed by atoms with E-state index in [0.717, 1.165) is 36.0 Å². The first-order valence-corrected chi connectivity index (χ1v) is 10.2. The summed E-state index contributed by atoms with van der Waals surface area (Å²) in [5, 5.41) is 9.43. The third-order valence-electron chi connectivity index (χ3n) is 4.62. The van der Waals surface area contributed by atoms with Crippen molar-refractivity contribution in [1.82, 2.24) is 20.6 Å². The minimum absolute atomic E-state index is 0.0235. The summed E-state index contributed by atoms with van der Waals surface area (Å²) in [7, 11) is 1.56. The molecule has 3 aromatic rings. The van der Waals surface area contributed by atoms with Gasteiger partial charge in [-0.2, -0.15) is 0 Å². The van der Waals surface area contributed by atoms with Crippen molar-refractivity contribution in [3.8, 4) is 11.5 Å². The van der Waals surface area contributed by atoms with Gasteiger partial charge < -0.3 is 20.7 Å². The Hall–Kier alpha value is -3.20. The molecule has 3 N–H and O–H groups in total. The van der Waals surface area contributed by atoms with E-state index in [2.05, 4.69) is 25.9 Å². The van der Waals surface area contributed by atoms with Gasteiger partial charge in [-0.05, 0) is 37.5 Å². The van der Waals surface area contributed by atoms with E-state index in [1.807, 2.05) is 18.2 Å². The van der Waals surface area contributed by atoms with Crippen LogP contribution in [0.15, 0.2) is 36.5 Å². The Kier molecular flexibility index (Phi) is 5.57. The maximum Gasteiger partial charge on any atom is 0.269 e. The van der Waals surface area contributed by atoms with Crippen LogP contribution in [0.2, 0.25) is 0 Å². The van der Waals surface area contributed by atoms with E-state index in [-0.39, 0.29) is 23.6 Å². The largest absolute Gasteiger partial charge is 0.457 e. The van der Waals surface area contributed by atoms with E-state index < -0.39 is 0 Å². The third-order valence-corrected chi connectivity index (χ3v) is 5.57. The Bertz CT molecular complexity index is 1050. The number of rotatable bonds is 5. The predicted octanol–water partition coefficient (Wildman–Crippen LogP) is 2.92. The number of nitrogens with one attached hydrogen (secondary N) is 3. The number of anilines is 1. The summed E-state index contributed by atoms with van der Waals surface area (Å²) in [4.78, 5) is 32.5. The molecule has 0 radical (unpaired) electrons. The fraction of sp³-hybridized carbons (Fsp3) is 0.300. The van der Waals surface area contributed by atoms with Crippen molar-refractivity contribution in [1.29, 1.82) is 0 Å². The van der Waals surface area contributed by atoms with Gasteiger partial charge in [0.2, 0.25) is 5.91 Å². The zero-order valence-corrected chi connectivity index (χ0v) is 16.7. The lowest BCUT2D eigenvalue weighted by molar-refractivity contribution is -0.121. The van der Waals surface area contributed by atoms with Gasteiger partial charge >= 0.3 is 0 Å². The molecule has 1 aliphatic heterocycles. The zero-order chi connectivity index (χ0) is 20.2. The van der Waals surface area contributed by atoms with Gasteiger partial charge in [0.15, 0.2) is 5.13 Å². The summed E-state index contributed by atoms with van der Waals surface area (Å²) in [6, 6.07) is 8.62. The van der Waals surface area contributed by atoms with Crippen LogP contribution in [0, 0.1) is 0 Å². The molecule has 9 heteroatoms. The van der Waals surface area contributed by atoms with Crippen molar-refractivity contribution in [3.05, 3.63) is 42.2 Å². The summed E-state index contributed by atoms with van der Waals surface area (Å²) in [6.07, 6.45) is 4.33. The van der Waals surface area contributed by atoms with E-state index in [9.17, 15) is 9.59 Å². The highest BCUT2D eigenvalue weighted by molar-refractivity contribution is 7.22. The number of ether oxygens (including phenoxy) is 1. The molecule has 1 fully saturated rings. The monoisotopic (exact) mass is 411 g/mol. The molecule has 1 unspecified atom stereocenters. The molecule has 1 saturated heterocycles. The molecule has 2 aromatic heterocycles. The number of benzene rings is 1. The second-order valence-corrected chi connectivity index (χ2v) is 7.72. The molecule has 3 heterocycles. The molecule has 0 spiro atoms. The molecule has 150 valence electrons. The Morgan fingerprint density at radius 2 is 2.10 bits per heavy atom. The van der Waals surface area contributed by atoms with Crippen molar-refractivity contribution in [3.63, 3.8) is 0 Å². The molecular weight excluding hydrogens is 390 g/mol. The van der Waals surface area contributed by atoms with Crippen LogP contribution in [0.25, 0.3) is 10.2 Å². The average Bonchev–Trinajstić information content (AvgIpc) is 3.02. The summed E-state index contributed by atoms with van der Waals surface area (Å²) in [5.41, 5.74) is 1.12. The zero-order valence-electron chi connectivity index (χ0n) is 15.9. The Balaban J connectivity index is 1.51. The first-order chi connectivity index (χ1) is 14.1. The fourth-order valence-corrected chi connectivity index (χ4v) is 4.07. The molecule has 29 heavy (non-hydrogen) atoms. The highest BCUT2D eigenvalue weighted by Gasteiger charge is 2.21. The van der Waals surface area contributed by atoms with Crippen LogP contribution in [0.5, 0.6) is 11.5 Å². The molecule has 0 aliphatic carbocycles. The quantitative estimate of drug-likeness (QED) is 0.596. The predicted molar refractivity (Wildman–Crippen MR) is 112 cm³/mol. The minimum Gasteiger partial charge on any atom is -0.457 e. The van der Waals surface area contributed by atoms with E-state index in [1.165, 1.54) is 17.5 Å². The van der Waals surface area contributed by atoms with Crippen molar-refractivity contribution in [2.75, 3.05) is 18.9 Å². The van der Waals surface area contributed by atoms with Crippen LogP contribution < -0.4 is 20.7 Å². The number of hydrogen-bond acceptors (Lipinski definition) is 7. The van der Waals surface area contributed by atoms with Gasteiger partial charge in [-0.15, -0.1) is 0 Å². The summed E-state index contributed by atoms with van der Waals surface area (Å²) >= 11 is 1.48. The molecule has 0 bridgehead atoms. The average molecular weight is 411 g/mol. The number of carbonyl (C=O) groups is 2. The van der Waals surface area contributed by atoms with Gasteiger partial charge in [0.1, 0.15) is 23.2 Å². The molecule has 2 amide bonds. The summed E-state index contributed by atoms with van der Waals surface area (Å²) in [6.45, 7) is 0.730. The highest BCUT2D eigenvalue weighted by atomic mass is 32.1. The number of fused-ring (bicyclic) bond motifs is 1. The lowest BCUT2D eigenvalue weighted by Crippen LogP contribution is -2.37. The molecule has 1 aromatic carbocycles. The normalized spacial score (nSPS) is 16.7. The standard InChI is InChI=1S/C20H21N5O3S/c1-21-18(26)16-10-13(7-9-22-16)28-12-5-6-14-17(11-12)29-20(24-14)25-15-4-2-3-8-23-19(15)27/h5-7,9-11,15H,2-4,8H2,1H3,(H,21,26)(H,23,27)(H,24,25). The minimum atomic E-state index is -0.272. The van der Waals surface area contributed by atoms with Crippen LogP contribution in [-0.2, 0) is 4.79 Å². The number of nitrogens with zero attached hydrogens (tertiary/aromatic N) is 2. The molecule has 8 nitrogen and oxygen atoms in total. The Morgan fingerprint density at radius 1 is 1.24 bits per heavy atom. The van der Waals surface area contributed by atoms with Gasteiger partial charge in [0.25, 0.3) is 5.91 Å². The SMILES string of the molecule is CNC(=O)c1cc(Oc2ccc3nc(NC4CCCCNC4=O)sc3c2)ccn1. The maximum atomic E-state index is 12.1. The molecule has 1 atom stereocenters. The van der Waals surface area contributed by atoms with Crippen LogP contribution in [0.4, 0.5) is 5.13 Å². The maximum absolute atomic E-state index is 12.1. The van der Waals surface area contributed by atoms with Crippen LogP contribution in [0.1, 0.15) is 29.8 Å². The number of thiazole rings is 1. The summed E-state index contributed by atoms with van der Waals surface area (Å²) < 4.78 is 6.83. The molecule has 1 aliphatic rings. The smallest absolute Gasteiger partial charge is 0.269 e. The first-order valence-electron chi connectivity index (χ1n) is 9.43. The van der Waals surface area contributed by atoms with Gasteiger partial charge in [-0.1, -0.05) is 11.3 Å². The van der Waals surface area contributed by atoms with Gasteiger partial charge in [0, 0.05) is 31.9 Å². The lowest BCUT2D eigenvalue weighted by atomic mass is 10.1. The fourth-order valence-electron chi connectivity index (χ4n) is 3.12. The van der Waals surface area contributed by atoms with E-state index in [0.29, 0.717) is 16.6 Å². The Morgan fingerprint density at radius 3 is 2.97 bits per heavy atom. The number of pyridine rings is 1. The number of amides is 2. The summed E-state index contributed by atoms with van der Waals surface area (Å²) in [5.74, 6) is 0.909. The topological polar surface area (TPSA) is 105 Å². The molecule has 0 saturated carbocycles. The highest BCUT2D eigenvalue weighted by Crippen LogP contribution is 2.32. The number of carbonyl (C=O) groups excluding carboxylic acids is 2. The number of hydrogen-bond donors (Lipinski definition) is 3. The first kappa shape index (κ1) is 19.1. The van der Waals surface area contributed by atoms with Crippen molar-refractivity contribution < 1.29 is 14.3 Å². The van der Waals surface area contributed by atoms with Crippen LogP contribution >= 0.6 is 11.3 Å². The van der Waals surface area contributed by atoms with E-state index in [4.69, 9.17) is 4.74 Å². The van der Waals surface area contributed by atoms with E-state index >= 15 is 0 Å². The van der Waals surface area contributed by atoms with Crippen LogP contribution in [0.3, 0.4) is 0 Å². The Labute approximate surface area is 171 Å². The van der Waals surface area contributed by atoms with Crippen molar-refractivity contribution >= 4 is 38.5 Å². The molecule has 4 rings (SSSR count).